The second-order valence-electron chi connectivity index (χ2n) is 11.3. The first-order valence-electron chi connectivity index (χ1n) is 16.0. The quantitative estimate of drug-likeness (QED) is 0.0716. The number of hydrogen-bond donors (Lipinski definition) is 2. The molecule has 228 valence electrons. The van der Waals surface area contributed by atoms with Gasteiger partial charge >= 0.3 is 11.9 Å². The van der Waals surface area contributed by atoms with E-state index in [0.29, 0.717) is 23.7 Å². The number of rotatable bonds is 30. The first-order chi connectivity index (χ1) is 18.8. The van der Waals surface area contributed by atoms with Gasteiger partial charge in [-0.1, -0.05) is 84.0 Å². The fraction of sp³-hybridized carbons (Fsp3) is 0.844. The van der Waals surface area contributed by atoms with Crippen LogP contribution in [0.25, 0.3) is 0 Å². The molecule has 0 radical (unpaired) electrons. The third-order valence-corrected chi connectivity index (χ3v) is 7.62. The molecule has 2 N–H and O–H groups in total. The molecule has 0 aromatic rings. The van der Waals surface area contributed by atoms with Gasteiger partial charge in [-0.05, 0) is 63.9 Å². The molecule has 0 aliphatic carbocycles. The second kappa shape index (κ2) is 26.3. The summed E-state index contributed by atoms with van der Waals surface area (Å²) in [5, 5.41) is 28.9. The van der Waals surface area contributed by atoms with Crippen LogP contribution in [-0.2, 0) is 14.4 Å². The summed E-state index contributed by atoms with van der Waals surface area (Å²) in [7, 11) is 0. The van der Waals surface area contributed by atoms with Crippen molar-refractivity contribution in [3.63, 3.8) is 0 Å². The lowest BCUT2D eigenvalue weighted by molar-refractivity contribution is -0.880. The Morgan fingerprint density at radius 2 is 0.949 bits per heavy atom. The molecule has 0 rings (SSSR count). The van der Waals surface area contributed by atoms with Gasteiger partial charge in [-0.2, -0.15) is 0 Å². The van der Waals surface area contributed by atoms with E-state index < -0.39 is 17.9 Å². The monoisotopic (exact) mass is 553 g/mol. The van der Waals surface area contributed by atoms with Crippen molar-refractivity contribution in [3.05, 3.63) is 12.3 Å². The zero-order valence-electron chi connectivity index (χ0n) is 25.0. The lowest BCUT2D eigenvalue weighted by Crippen LogP contribution is -2.45. The molecule has 7 heteroatoms. The Morgan fingerprint density at radius 3 is 1.33 bits per heavy atom. The third kappa shape index (κ3) is 26.1. The summed E-state index contributed by atoms with van der Waals surface area (Å²) >= 11 is 0. The number of carboxylic acid groups (broad SMARTS) is 3. The second-order valence-corrected chi connectivity index (χ2v) is 11.3. The van der Waals surface area contributed by atoms with E-state index in [1.807, 2.05) is 0 Å². The molecule has 0 aliphatic heterocycles. The third-order valence-electron chi connectivity index (χ3n) is 7.62. The van der Waals surface area contributed by atoms with E-state index in [1.54, 1.807) is 0 Å². The van der Waals surface area contributed by atoms with Crippen LogP contribution in [0.5, 0.6) is 0 Å². The van der Waals surface area contributed by atoms with Gasteiger partial charge in [0, 0.05) is 18.8 Å². The molecule has 0 amide bonds. The molecule has 0 saturated carbocycles. The van der Waals surface area contributed by atoms with Gasteiger partial charge in [-0.15, -0.1) is 0 Å². The fourth-order valence-corrected chi connectivity index (χ4v) is 5.24. The van der Waals surface area contributed by atoms with Crippen molar-refractivity contribution >= 4 is 17.9 Å². The van der Waals surface area contributed by atoms with Crippen molar-refractivity contribution in [2.24, 2.45) is 0 Å². The summed E-state index contributed by atoms with van der Waals surface area (Å²) in [4.78, 5) is 32.8. The number of carbonyl (C=O) groups excluding carboxylic acids is 1. The molecule has 39 heavy (non-hydrogen) atoms. The Kier molecular flexibility index (Phi) is 25.1. The molecule has 0 aliphatic rings. The number of allylic oxidation sites excluding steroid dienone is 1. The van der Waals surface area contributed by atoms with Crippen molar-refractivity contribution < 1.29 is 34.2 Å². The maximum atomic E-state index is 11.0. The van der Waals surface area contributed by atoms with E-state index in [1.165, 1.54) is 77.0 Å². The van der Waals surface area contributed by atoms with E-state index in [2.05, 4.69) is 19.2 Å². The number of carboxylic acids is 3. The van der Waals surface area contributed by atoms with Crippen LogP contribution in [0.4, 0.5) is 0 Å². The van der Waals surface area contributed by atoms with Crippen molar-refractivity contribution in [2.75, 3.05) is 19.6 Å². The standard InChI is InChI=1S/C32H59NO6/c1-2-3-4-5-6-7-8-9-10-11-12-13-14-15-19-26-33(27-20-16-23-30(34)35,28-21-17-24-31(36)37)29-22-18-25-32(38)39/h19,26H,2-18,20-25,27-29H2,1H3,(H2-,34,35,36,37,38,39)/b26-19+. The average molecular weight is 554 g/mol. The zero-order chi connectivity index (χ0) is 29.0. The minimum Gasteiger partial charge on any atom is -0.550 e. The highest BCUT2D eigenvalue weighted by molar-refractivity contribution is 5.66. The van der Waals surface area contributed by atoms with Crippen LogP contribution < -0.4 is 5.11 Å². The highest BCUT2D eigenvalue weighted by atomic mass is 16.4. The Morgan fingerprint density at radius 1 is 0.564 bits per heavy atom. The predicted molar refractivity (Wildman–Crippen MR) is 156 cm³/mol. The minimum absolute atomic E-state index is 0.0424. The summed E-state index contributed by atoms with van der Waals surface area (Å²) in [5.74, 6) is -2.61. The first kappa shape index (κ1) is 37.1. The molecule has 0 unspecified atom stereocenters. The van der Waals surface area contributed by atoms with Crippen molar-refractivity contribution in [2.45, 2.75) is 155 Å². The van der Waals surface area contributed by atoms with E-state index in [-0.39, 0.29) is 19.3 Å². The molecule has 0 fully saturated rings. The van der Waals surface area contributed by atoms with Crippen LogP contribution in [0.1, 0.15) is 155 Å². The summed E-state index contributed by atoms with van der Waals surface area (Å²) in [6.45, 7) is 4.62. The molecule has 0 heterocycles. The molecular formula is C32H59NO6. The largest absolute Gasteiger partial charge is 0.550 e. The van der Waals surface area contributed by atoms with Gasteiger partial charge in [0.15, 0.2) is 0 Å². The highest BCUT2D eigenvalue weighted by Gasteiger charge is 2.24. The van der Waals surface area contributed by atoms with Gasteiger partial charge in [0.2, 0.25) is 0 Å². The summed E-state index contributed by atoms with van der Waals surface area (Å²) in [6, 6.07) is 0. The number of carbonyl (C=O) groups is 3. The van der Waals surface area contributed by atoms with E-state index in [4.69, 9.17) is 10.2 Å². The normalized spacial score (nSPS) is 11.8. The minimum atomic E-state index is -1.03. The first-order valence-corrected chi connectivity index (χ1v) is 16.0. The van der Waals surface area contributed by atoms with Gasteiger partial charge in [0.05, 0.1) is 25.8 Å². The predicted octanol–water partition coefficient (Wildman–Crippen LogP) is 7.23. The molecule has 0 bridgehead atoms. The summed E-state index contributed by atoms with van der Waals surface area (Å²) in [6.07, 6.45) is 27.1. The maximum Gasteiger partial charge on any atom is 0.303 e. The molecule has 0 aromatic carbocycles. The molecule has 7 nitrogen and oxygen atoms in total. The van der Waals surface area contributed by atoms with Gasteiger partial charge in [0.25, 0.3) is 0 Å². The van der Waals surface area contributed by atoms with Gasteiger partial charge in [-0.25, -0.2) is 0 Å². The van der Waals surface area contributed by atoms with Crippen LogP contribution in [0.3, 0.4) is 0 Å². The van der Waals surface area contributed by atoms with Crippen molar-refractivity contribution in [1.82, 2.24) is 0 Å². The maximum absolute atomic E-state index is 11.0. The zero-order valence-corrected chi connectivity index (χ0v) is 25.0. The Hall–Kier alpha value is -1.89. The molecule has 0 saturated heterocycles. The van der Waals surface area contributed by atoms with Crippen LogP contribution in [0, 0.1) is 0 Å². The van der Waals surface area contributed by atoms with Crippen LogP contribution in [0.15, 0.2) is 12.3 Å². The van der Waals surface area contributed by atoms with Crippen molar-refractivity contribution in [3.8, 4) is 0 Å². The molecule has 0 spiro atoms. The van der Waals surface area contributed by atoms with Crippen LogP contribution in [-0.4, -0.2) is 52.2 Å². The number of quaternary nitrogens is 1. The average Bonchev–Trinajstić information content (AvgIpc) is 2.89. The molecule has 0 aromatic heterocycles. The van der Waals surface area contributed by atoms with E-state index in [0.717, 1.165) is 51.7 Å². The summed E-state index contributed by atoms with van der Waals surface area (Å²) in [5.41, 5.74) is 0. The topological polar surface area (TPSA) is 115 Å². The lowest BCUT2D eigenvalue weighted by atomic mass is 10.0. The van der Waals surface area contributed by atoms with Crippen LogP contribution in [0.2, 0.25) is 0 Å². The SMILES string of the molecule is CCCCCCCCCCCCCCC/C=C/[N+](CCCCC(=O)[O-])(CCCCC(=O)O)CCCCC(=O)O. The van der Waals surface area contributed by atoms with Crippen molar-refractivity contribution in [1.29, 1.82) is 0 Å². The van der Waals surface area contributed by atoms with Crippen LogP contribution >= 0.6 is 0 Å². The smallest absolute Gasteiger partial charge is 0.303 e. The number of hydrogen-bond acceptors (Lipinski definition) is 4. The van der Waals surface area contributed by atoms with Gasteiger partial charge < -0.3 is 20.1 Å². The van der Waals surface area contributed by atoms with Gasteiger partial charge in [0.1, 0.15) is 0 Å². The Balaban J connectivity index is 4.58. The lowest BCUT2D eigenvalue weighted by Gasteiger charge is -2.35. The van der Waals surface area contributed by atoms with E-state index in [9.17, 15) is 19.5 Å². The Labute approximate surface area is 238 Å². The van der Waals surface area contributed by atoms with Gasteiger partial charge in [-0.3, -0.25) is 14.1 Å². The molecular weight excluding hydrogens is 494 g/mol. The highest BCUT2D eigenvalue weighted by Crippen LogP contribution is 2.19. The molecule has 0 atom stereocenters. The fourth-order valence-electron chi connectivity index (χ4n) is 5.24. The Bertz CT molecular complexity index is 594. The number of aliphatic carboxylic acids is 3. The number of nitrogens with zero attached hydrogens (tertiary/aromatic N) is 1. The number of unbranched alkanes of at least 4 members (excludes halogenated alkanes) is 16. The van der Waals surface area contributed by atoms with E-state index >= 15 is 0 Å². The summed E-state index contributed by atoms with van der Waals surface area (Å²) < 4.78 is 0.671.